The molecular weight excluding hydrogens is 233 g/mol. The minimum atomic E-state index is -4.31. The van der Waals surface area contributed by atoms with E-state index in [0.717, 1.165) is 0 Å². The van der Waals surface area contributed by atoms with Crippen molar-refractivity contribution in [3.63, 3.8) is 0 Å². The predicted octanol–water partition coefficient (Wildman–Crippen LogP) is 3.75. The molecule has 76 valence electrons. The van der Waals surface area contributed by atoms with E-state index < -0.39 is 11.1 Å². The first-order valence-corrected chi connectivity index (χ1v) is 5.16. The number of halogens is 4. The first-order valence-electron chi connectivity index (χ1n) is 3.75. The van der Waals surface area contributed by atoms with Gasteiger partial charge in [-0.15, -0.1) is 22.9 Å². The summed E-state index contributed by atoms with van der Waals surface area (Å²) in [6, 6.07) is 1.37. The molecule has 0 aliphatic carbocycles. The maximum absolute atomic E-state index is 12.3. The van der Waals surface area contributed by atoms with Crippen molar-refractivity contribution >= 4 is 22.9 Å². The number of alkyl halides is 4. The maximum Gasteiger partial charge on any atom is 0.426 e. The Morgan fingerprint density at radius 1 is 1.43 bits per heavy atom. The molecule has 0 bridgehead atoms. The minimum absolute atomic E-state index is 0.0348. The van der Waals surface area contributed by atoms with Crippen LogP contribution in [0.3, 0.4) is 0 Å². The largest absolute Gasteiger partial charge is 0.426 e. The van der Waals surface area contributed by atoms with Crippen LogP contribution >= 0.6 is 22.9 Å². The molecule has 0 fully saturated rings. The van der Waals surface area contributed by atoms with Crippen molar-refractivity contribution in [1.29, 1.82) is 0 Å². The van der Waals surface area contributed by atoms with Gasteiger partial charge in [0, 0.05) is 17.9 Å². The number of thiophene rings is 1. The molecule has 1 rings (SSSR count). The van der Waals surface area contributed by atoms with E-state index in [0.29, 0.717) is 23.6 Å². The molecule has 0 amide bonds. The second-order valence-electron chi connectivity index (χ2n) is 2.40. The van der Waals surface area contributed by atoms with Gasteiger partial charge in [0.1, 0.15) is 4.88 Å². The first-order chi connectivity index (χ1) is 6.55. The lowest BCUT2D eigenvalue weighted by Gasteiger charge is -2.02. The van der Waals surface area contributed by atoms with E-state index in [9.17, 15) is 13.2 Å². The van der Waals surface area contributed by atoms with E-state index in [4.69, 9.17) is 11.6 Å². The van der Waals surface area contributed by atoms with Gasteiger partial charge in [0.15, 0.2) is 0 Å². The van der Waals surface area contributed by atoms with Crippen molar-refractivity contribution in [1.82, 2.24) is 0 Å². The Morgan fingerprint density at radius 3 is 2.71 bits per heavy atom. The standard InChI is InChI=1S/C9H6ClF3S/c10-5-2-1-3-7-4-6-14-8(7)9(11,12)13/h4,6H,2,5H2. The lowest BCUT2D eigenvalue weighted by molar-refractivity contribution is -0.134. The van der Waals surface area contributed by atoms with Crippen molar-refractivity contribution in [3.8, 4) is 11.8 Å². The highest BCUT2D eigenvalue weighted by atomic mass is 35.5. The third-order valence-corrected chi connectivity index (χ3v) is 2.51. The van der Waals surface area contributed by atoms with Crippen LogP contribution in [0.1, 0.15) is 16.9 Å². The Bertz CT molecular complexity index is 356. The van der Waals surface area contributed by atoms with Gasteiger partial charge in [-0.05, 0) is 11.4 Å². The maximum atomic E-state index is 12.3. The van der Waals surface area contributed by atoms with E-state index in [1.807, 2.05) is 0 Å². The van der Waals surface area contributed by atoms with Crippen LogP contribution in [0.2, 0.25) is 0 Å². The Kier molecular flexibility index (Phi) is 3.85. The van der Waals surface area contributed by atoms with Crippen molar-refractivity contribution < 1.29 is 13.2 Å². The molecule has 0 nitrogen and oxygen atoms in total. The zero-order chi connectivity index (χ0) is 10.6. The summed E-state index contributed by atoms with van der Waals surface area (Å²) in [7, 11) is 0. The van der Waals surface area contributed by atoms with Gasteiger partial charge in [-0.25, -0.2) is 0 Å². The zero-order valence-corrected chi connectivity index (χ0v) is 8.56. The highest BCUT2D eigenvalue weighted by Crippen LogP contribution is 2.35. The monoisotopic (exact) mass is 238 g/mol. The number of hydrogen-bond acceptors (Lipinski definition) is 1. The Balaban J connectivity index is 2.90. The van der Waals surface area contributed by atoms with Gasteiger partial charge in [0.25, 0.3) is 0 Å². The summed E-state index contributed by atoms with van der Waals surface area (Å²) < 4.78 is 36.9. The van der Waals surface area contributed by atoms with Crippen LogP contribution in [0.25, 0.3) is 0 Å². The van der Waals surface area contributed by atoms with Crippen LogP contribution in [0.4, 0.5) is 13.2 Å². The molecule has 1 aromatic heterocycles. The van der Waals surface area contributed by atoms with Crippen LogP contribution in [-0.4, -0.2) is 5.88 Å². The third kappa shape index (κ3) is 2.93. The van der Waals surface area contributed by atoms with Crippen molar-refractivity contribution in [2.24, 2.45) is 0 Å². The molecule has 0 aliphatic heterocycles. The molecular formula is C9H6ClF3S. The molecule has 0 N–H and O–H groups in total. The fourth-order valence-electron chi connectivity index (χ4n) is 0.832. The molecule has 0 saturated heterocycles. The van der Waals surface area contributed by atoms with E-state index in [-0.39, 0.29) is 5.56 Å². The SMILES string of the molecule is FC(F)(F)c1sccc1C#CCCCl. The fraction of sp³-hybridized carbons (Fsp3) is 0.333. The molecule has 14 heavy (non-hydrogen) atoms. The summed E-state index contributed by atoms with van der Waals surface area (Å²) >= 11 is 6.00. The smallest absolute Gasteiger partial charge is 0.165 e. The molecule has 0 aromatic carbocycles. The van der Waals surface area contributed by atoms with Crippen LogP contribution in [0, 0.1) is 11.8 Å². The molecule has 0 unspecified atom stereocenters. The van der Waals surface area contributed by atoms with Crippen molar-refractivity contribution in [2.45, 2.75) is 12.6 Å². The van der Waals surface area contributed by atoms with Gasteiger partial charge in [0.05, 0.1) is 0 Å². The van der Waals surface area contributed by atoms with Gasteiger partial charge in [0.2, 0.25) is 0 Å². The average Bonchev–Trinajstić information content (AvgIpc) is 2.52. The van der Waals surface area contributed by atoms with Gasteiger partial charge in [-0.3, -0.25) is 0 Å². The molecule has 5 heteroatoms. The second kappa shape index (κ2) is 4.72. The summed E-state index contributed by atoms with van der Waals surface area (Å²) in [5, 5.41) is 1.38. The van der Waals surface area contributed by atoms with E-state index in [1.165, 1.54) is 11.4 Å². The van der Waals surface area contributed by atoms with Crippen LogP contribution < -0.4 is 0 Å². The predicted molar refractivity (Wildman–Crippen MR) is 51.5 cm³/mol. The van der Waals surface area contributed by atoms with Crippen LogP contribution in [-0.2, 0) is 6.18 Å². The molecule has 0 atom stereocenters. The van der Waals surface area contributed by atoms with Gasteiger partial charge < -0.3 is 0 Å². The Hall–Kier alpha value is -0.660. The molecule has 1 aromatic rings. The summed E-state index contributed by atoms with van der Waals surface area (Å²) in [5.74, 6) is 5.36. The quantitative estimate of drug-likeness (QED) is 0.516. The lowest BCUT2D eigenvalue weighted by atomic mass is 10.2. The molecule has 0 spiro atoms. The van der Waals surface area contributed by atoms with Gasteiger partial charge in [-0.1, -0.05) is 11.8 Å². The number of hydrogen-bond donors (Lipinski definition) is 0. The van der Waals surface area contributed by atoms with Crippen LogP contribution in [0.5, 0.6) is 0 Å². The average molecular weight is 239 g/mol. The molecule has 0 aliphatic rings. The van der Waals surface area contributed by atoms with Gasteiger partial charge in [-0.2, -0.15) is 13.2 Å². The Morgan fingerprint density at radius 2 is 2.14 bits per heavy atom. The lowest BCUT2D eigenvalue weighted by Crippen LogP contribution is -2.03. The molecule has 0 radical (unpaired) electrons. The van der Waals surface area contributed by atoms with E-state index >= 15 is 0 Å². The summed E-state index contributed by atoms with van der Waals surface area (Å²) in [5.41, 5.74) is 0.0348. The van der Waals surface area contributed by atoms with Gasteiger partial charge >= 0.3 is 6.18 Å². The summed E-state index contributed by atoms with van der Waals surface area (Å²) in [6.45, 7) is 0. The summed E-state index contributed by atoms with van der Waals surface area (Å²) in [6.07, 6.45) is -3.91. The third-order valence-electron chi connectivity index (χ3n) is 1.37. The second-order valence-corrected chi connectivity index (χ2v) is 3.70. The van der Waals surface area contributed by atoms with Crippen LogP contribution in [0.15, 0.2) is 11.4 Å². The normalized spacial score (nSPS) is 10.9. The minimum Gasteiger partial charge on any atom is -0.165 e. The first kappa shape index (κ1) is 11.4. The molecule has 1 heterocycles. The van der Waals surface area contributed by atoms with E-state index in [2.05, 4.69) is 11.8 Å². The zero-order valence-electron chi connectivity index (χ0n) is 6.99. The Labute approximate surface area is 88.7 Å². The number of rotatable bonds is 1. The molecule has 0 saturated carbocycles. The fourth-order valence-corrected chi connectivity index (χ4v) is 1.65. The van der Waals surface area contributed by atoms with E-state index in [1.54, 1.807) is 0 Å². The topological polar surface area (TPSA) is 0 Å². The highest BCUT2D eigenvalue weighted by molar-refractivity contribution is 7.10. The van der Waals surface area contributed by atoms with Crippen molar-refractivity contribution in [3.05, 3.63) is 21.9 Å². The summed E-state index contributed by atoms with van der Waals surface area (Å²) in [4.78, 5) is -0.639. The van der Waals surface area contributed by atoms with Crippen molar-refractivity contribution in [2.75, 3.05) is 5.88 Å². The highest BCUT2D eigenvalue weighted by Gasteiger charge is 2.34.